The molecule has 0 aliphatic heterocycles. The van der Waals surface area contributed by atoms with Crippen molar-refractivity contribution in [1.29, 1.82) is 0 Å². The van der Waals surface area contributed by atoms with Crippen molar-refractivity contribution in [2.75, 3.05) is 26.4 Å². The molecule has 0 radical (unpaired) electrons. The average molecular weight is 208 g/mol. The summed E-state index contributed by atoms with van der Waals surface area (Å²) in [5.74, 6) is 0. The third-order valence-corrected chi connectivity index (χ3v) is 1.04. The van der Waals surface area contributed by atoms with Gasteiger partial charge in [-0.15, -0.1) is 6.58 Å². The lowest BCUT2D eigenvalue weighted by Gasteiger charge is -2.10. The Morgan fingerprint density at radius 2 is 1.43 bits per heavy atom. The van der Waals surface area contributed by atoms with Crippen LogP contribution in [-0.2, 0) is 4.74 Å². The first-order valence-corrected chi connectivity index (χ1v) is 4.34. The fourth-order valence-electron chi connectivity index (χ4n) is 0.446. The highest BCUT2D eigenvalue weighted by Gasteiger charge is 2.04. The molecule has 14 heavy (non-hydrogen) atoms. The van der Waals surface area contributed by atoms with E-state index in [1.807, 2.05) is 6.92 Å². The molecule has 0 rings (SSSR count). The Kier molecular flexibility index (Phi) is 14.3. The molecule has 0 bridgehead atoms. The van der Waals surface area contributed by atoms with E-state index in [0.29, 0.717) is 0 Å². The lowest BCUT2D eigenvalue weighted by atomic mass is 10.4. The molecule has 2 unspecified atom stereocenters. The first kappa shape index (κ1) is 16.0. The van der Waals surface area contributed by atoms with Crippen LogP contribution in [0.1, 0.15) is 6.92 Å². The number of hydrogen-bond donors (Lipinski definition) is 4. The van der Waals surface area contributed by atoms with Crippen LogP contribution in [0.2, 0.25) is 0 Å². The second-order valence-electron chi connectivity index (χ2n) is 2.62. The molecule has 2 atom stereocenters. The summed E-state index contributed by atoms with van der Waals surface area (Å²) in [6.07, 6.45) is -0.0817. The van der Waals surface area contributed by atoms with Crippen molar-refractivity contribution in [3.8, 4) is 0 Å². The molecular formula is C9H20O5. The number of aliphatic hydroxyl groups excluding tert-OH is 4. The highest BCUT2D eigenvalue weighted by Crippen LogP contribution is 1.87. The van der Waals surface area contributed by atoms with Gasteiger partial charge in [0.05, 0.1) is 26.4 Å². The summed E-state index contributed by atoms with van der Waals surface area (Å²) < 4.78 is 4.72. The first-order valence-electron chi connectivity index (χ1n) is 4.34. The van der Waals surface area contributed by atoms with Crippen molar-refractivity contribution in [2.45, 2.75) is 19.1 Å². The molecule has 0 heterocycles. The van der Waals surface area contributed by atoms with Gasteiger partial charge in [0, 0.05) is 0 Å². The minimum atomic E-state index is -0.916. The van der Waals surface area contributed by atoms with Crippen LogP contribution >= 0.6 is 0 Å². The summed E-state index contributed by atoms with van der Waals surface area (Å²) in [6, 6.07) is 0. The molecule has 4 N–H and O–H groups in total. The molecule has 0 saturated carbocycles. The minimum Gasteiger partial charge on any atom is -0.394 e. The van der Waals surface area contributed by atoms with E-state index in [0.717, 1.165) is 0 Å². The highest BCUT2D eigenvalue weighted by molar-refractivity contribution is 4.52. The monoisotopic (exact) mass is 208 g/mol. The molecular weight excluding hydrogens is 188 g/mol. The summed E-state index contributed by atoms with van der Waals surface area (Å²) in [6.45, 7) is 4.45. The van der Waals surface area contributed by atoms with Crippen LogP contribution in [-0.4, -0.2) is 59.1 Å². The zero-order chi connectivity index (χ0) is 11.4. The summed E-state index contributed by atoms with van der Waals surface area (Å²) in [4.78, 5) is 0. The van der Waals surface area contributed by atoms with Gasteiger partial charge in [-0.05, 0) is 6.92 Å². The van der Waals surface area contributed by atoms with Crippen molar-refractivity contribution in [3.05, 3.63) is 12.7 Å². The van der Waals surface area contributed by atoms with Gasteiger partial charge in [-0.3, -0.25) is 0 Å². The van der Waals surface area contributed by atoms with Crippen LogP contribution < -0.4 is 0 Å². The summed E-state index contributed by atoms with van der Waals surface area (Å²) in [5, 5.41) is 34.1. The number of aliphatic hydroxyl groups is 4. The minimum absolute atomic E-state index is 0.0342. The van der Waals surface area contributed by atoms with Gasteiger partial charge in [-0.2, -0.15) is 0 Å². The zero-order valence-corrected chi connectivity index (χ0v) is 8.46. The van der Waals surface area contributed by atoms with E-state index in [1.54, 1.807) is 6.08 Å². The molecule has 0 saturated heterocycles. The zero-order valence-electron chi connectivity index (χ0n) is 8.46. The van der Waals surface area contributed by atoms with Gasteiger partial charge in [0.1, 0.15) is 12.2 Å². The Hall–Kier alpha value is -0.460. The van der Waals surface area contributed by atoms with Gasteiger partial charge in [0.2, 0.25) is 0 Å². The van der Waals surface area contributed by atoms with Gasteiger partial charge >= 0.3 is 0 Å². The van der Waals surface area contributed by atoms with Gasteiger partial charge in [-0.25, -0.2) is 0 Å². The summed E-state index contributed by atoms with van der Waals surface area (Å²) in [5.41, 5.74) is 0. The highest BCUT2D eigenvalue weighted by atomic mass is 16.5. The van der Waals surface area contributed by atoms with Gasteiger partial charge in [0.25, 0.3) is 0 Å². The van der Waals surface area contributed by atoms with Crippen LogP contribution in [0, 0.1) is 0 Å². The van der Waals surface area contributed by atoms with Gasteiger partial charge in [0.15, 0.2) is 0 Å². The van der Waals surface area contributed by atoms with E-state index in [9.17, 15) is 0 Å². The van der Waals surface area contributed by atoms with E-state index in [2.05, 4.69) is 6.58 Å². The fourth-order valence-corrected chi connectivity index (χ4v) is 0.446. The van der Waals surface area contributed by atoms with Crippen molar-refractivity contribution >= 4 is 0 Å². The number of rotatable bonds is 6. The molecule has 5 heteroatoms. The third-order valence-electron chi connectivity index (χ3n) is 1.04. The van der Waals surface area contributed by atoms with Crippen molar-refractivity contribution in [2.24, 2.45) is 0 Å². The molecule has 5 nitrogen and oxygen atoms in total. The van der Waals surface area contributed by atoms with Crippen LogP contribution in [0.15, 0.2) is 12.7 Å². The van der Waals surface area contributed by atoms with Gasteiger partial charge in [-0.1, -0.05) is 6.08 Å². The molecule has 0 aliphatic rings. The van der Waals surface area contributed by atoms with E-state index in [-0.39, 0.29) is 26.4 Å². The summed E-state index contributed by atoms with van der Waals surface area (Å²) >= 11 is 0. The topological polar surface area (TPSA) is 90.2 Å². The second kappa shape index (κ2) is 12.5. The lowest BCUT2D eigenvalue weighted by molar-refractivity contribution is -0.0364. The SMILES string of the molecule is C=CC.OCC(O)COCC(O)CO. The fraction of sp³-hybridized carbons (Fsp3) is 0.778. The van der Waals surface area contributed by atoms with Gasteiger partial charge < -0.3 is 25.2 Å². The molecule has 0 aromatic heterocycles. The molecule has 0 aromatic rings. The maximum atomic E-state index is 8.72. The first-order chi connectivity index (χ1) is 6.62. The maximum absolute atomic E-state index is 8.72. The molecule has 0 fully saturated rings. The smallest absolute Gasteiger partial charge is 0.100 e. The number of allylic oxidation sites excluding steroid dienone is 1. The molecule has 0 amide bonds. The Morgan fingerprint density at radius 1 is 1.14 bits per heavy atom. The number of hydrogen-bond acceptors (Lipinski definition) is 5. The molecule has 0 spiro atoms. The van der Waals surface area contributed by atoms with E-state index >= 15 is 0 Å². The average Bonchev–Trinajstić information content (AvgIpc) is 2.18. The van der Waals surface area contributed by atoms with Crippen molar-refractivity contribution in [3.63, 3.8) is 0 Å². The molecule has 0 aliphatic carbocycles. The standard InChI is InChI=1S/C6H14O5.C3H6/c7-1-5(9)3-11-4-6(10)2-8;1-3-2/h5-10H,1-4H2;3H,1H2,2H3. The van der Waals surface area contributed by atoms with Crippen LogP contribution in [0.25, 0.3) is 0 Å². The molecule has 86 valence electrons. The Bertz CT molecular complexity index is 108. The lowest BCUT2D eigenvalue weighted by Crippen LogP contribution is -2.25. The molecule has 0 aromatic carbocycles. The van der Waals surface area contributed by atoms with Crippen molar-refractivity contribution in [1.82, 2.24) is 0 Å². The number of ether oxygens (including phenoxy) is 1. The third kappa shape index (κ3) is 14.1. The predicted octanol–water partition coefficient (Wildman–Crippen LogP) is -1.10. The van der Waals surface area contributed by atoms with Crippen LogP contribution in [0.4, 0.5) is 0 Å². The second-order valence-corrected chi connectivity index (χ2v) is 2.62. The quantitative estimate of drug-likeness (QED) is 0.416. The Morgan fingerprint density at radius 3 is 1.64 bits per heavy atom. The predicted molar refractivity (Wildman–Crippen MR) is 52.9 cm³/mol. The summed E-state index contributed by atoms with van der Waals surface area (Å²) in [7, 11) is 0. The van der Waals surface area contributed by atoms with E-state index in [1.165, 1.54) is 0 Å². The normalized spacial score (nSPS) is 13.8. The Labute approximate surface area is 84.3 Å². The Balaban J connectivity index is 0. The van der Waals surface area contributed by atoms with E-state index in [4.69, 9.17) is 25.2 Å². The largest absolute Gasteiger partial charge is 0.394 e. The van der Waals surface area contributed by atoms with Crippen LogP contribution in [0.3, 0.4) is 0 Å². The van der Waals surface area contributed by atoms with E-state index < -0.39 is 12.2 Å². The maximum Gasteiger partial charge on any atom is 0.100 e. The van der Waals surface area contributed by atoms with Crippen LogP contribution in [0.5, 0.6) is 0 Å². The van der Waals surface area contributed by atoms with Crippen molar-refractivity contribution < 1.29 is 25.2 Å².